The Morgan fingerprint density at radius 3 is 2.63 bits per heavy atom. The standard InChI is InChI=1S/C19H21BrN2O5/c1-5-25-14-8-11(7-13(20)17(14)24-4)16-12(9-21)18(22)27-10(3)15(16)19(23)26-6-2/h7-8,16H,5-6,22H2,1-4H3. The number of hydrogen-bond acceptors (Lipinski definition) is 7. The lowest BCUT2D eigenvalue weighted by atomic mass is 9.83. The van der Waals surface area contributed by atoms with Gasteiger partial charge in [0.25, 0.3) is 0 Å². The van der Waals surface area contributed by atoms with Gasteiger partial charge in [-0.25, -0.2) is 4.79 Å². The molecule has 144 valence electrons. The Morgan fingerprint density at radius 1 is 1.37 bits per heavy atom. The number of nitriles is 1. The van der Waals surface area contributed by atoms with Crippen molar-refractivity contribution in [3.63, 3.8) is 0 Å². The average Bonchev–Trinajstić information content (AvgIpc) is 2.61. The van der Waals surface area contributed by atoms with Crippen LogP contribution in [0.1, 0.15) is 32.3 Å². The molecule has 2 N–H and O–H groups in total. The highest BCUT2D eigenvalue weighted by molar-refractivity contribution is 9.10. The summed E-state index contributed by atoms with van der Waals surface area (Å²) in [5.74, 6) is -0.0683. The van der Waals surface area contributed by atoms with Gasteiger partial charge in [-0.05, 0) is 54.4 Å². The van der Waals surface area contributed by atoms with Crippen molar-refractivity contribution in [2.45, 2.75) is 26.7 Å². The van der Waals surface area contributed by atoms with Gasteiger partial charge in [0.15, 0.2) is 11.5 Å². The number of carbonyl (C=O) groups excluding carboxylic acids is 1. The van der Waals surface area contributed by atoms with E-state index in [2.05, 4.69) is 15.9 Å². The lowest BCUT2D eigenvalue weighted by Gasteiger charge is -2.27. The van der Waals surface area contributed by atoms with Crippen molar-refractivity contribution in [1.82, 2.24) is 0 Å². The predicted octanol–water partition coefficient (Wildman–Crippen LogP) is 3.50. The van der Waals surface area contributed by atoms with Crippen LogP contribution in [0.5, 0.6) is 11.5 Å². The van der Waals surface area contributed by atoms with E-state index in [1.807, 2.05) is 13.0 Å². The second kappa shape index (κ2) is 8.82. The van der Waals surface area contributed by atoms with E-state index in [-0.39, 0.29) is 23.6 Å². The number of nitrogens with two attached hydrogens (primary N) is 1. The second-order valence-electron chi connectivity index (χ2n) is 5.58. The molecule has 1 aromatic rings. The third kappa shape index (κ3) is 4.03. The van der Waals surface area contributed by atoms with Gasteiger partial charge in [0.1, 0.15) is 17.4 Å². The minimum Gasteiger partial charge on any atom is -0.492 e. The van der Waals surface area contributed by atoms with Gasteiger partial charge in [0.2, 0.25) is 5.88 Å². The smallest absolute Gasteiger partial charge is 0.338 e. The number of nitrogens with zero attached hydrogens (tertiary/aromatic N) is 1. The molecule has 1 unspecified atom stereocenters. The van der Waals surface area contributed by atoms with E-state index in [4.69, 9.17) is 24.7 Å². The highest BCUT2D eigenvalue weighted by Gasteiger charge is 2.37. The lowest BCUT2D eigenvalue weighted by molar-refractivity contribution is -0.139. The first-order valence-corrected chi connectivity index (χ1v) is 9.14. The average molecular weight is 437 g/mol. The normalized spacial score (nSPS) is 16.5. The van der Waals surface area contributed by atoms with Crippen LogP contribution in [0, 0.1) is 11.3 Å². The van der Waals surface area contributed by atoms with Crippen LogP contribution in [0.2, 0.25) is 0 Å². The first-order chi connectivity index (χ1) is 12.9. The van der Waals surface area contributed by atoms with E-state index in [9.17, 15) is 10.1 Å². The summed E-state index contributed by atoms with van der Waals surface area (Å²) >= 11 is 3.46. The van der Waals surface area contributed by atoms with Gasteiger partial charge in [-0.3, -0.25) is 0 Å². The summed E-state index contributed by atoms with van der Waals surface area (Å²) < 4.78 is 22.2. The largest absolute Gasteiger partial charge is 0.492 e. The summed E-state index contributed by atoms with van der Waals surface area (Å²) in [6.07, 6.45) is 0. The fraction of sp³-hybridized carbons (Fsp3) is 0.368. The van der Waals surface area contributed by atoms with Crippen LogP contribution in [0.4, 0.5) is 0 Å². The Labute approximate surface area is 166 Å². The molecule has 0 saturated carbocycles. The van der Waals surface area contributed by atoms with Crippen LogP contribution < -0.4 is 15.2 Å². The van der Waals surface area contributed by atoms with Crippen LogP contribution in [0.3, 0.4) is 0 Å². The maximum absolute atomic E-state index is 12.6. The molecule has 7 nitrogen and oxygen atoms in total. The third-order valence-corrected chi connectivity index (χ3v) is 4.56. The van der Waals surface area contributed by atoms with Crippen LogP contribution in [-0.2, 0) is 14.3 Å². The van der Waals surface area contributed by atoms with Gasteiger partial charge >= 0.3 is 5.97 Å². The van der Waals surface area contributed by atoms with Gasteiger partial charge < -0.3 is 24.7 Å². The SMILES string of the molecule is CCOC(=O)C1=C(C)OC(N)=C(C#N)C1c1cc(Br)c(OC)c(OCC)c1. The van der Waals surface area contributed by atoms with Crippen LogP contribution >= 0.6 is 15.9 Å². The van der Waals surface area contributed by atoms with Crippen molar-refractivity contribution in [1.29, 1.82) is 5.26 Å². The molecular formula is C19H21BrN2O5. The zero-order valence-electron chi connectivity index (χ0n) is 15.6. The number of allylic oxidation sites excluding steroid dienone is 2. The van der Waals surface area contributed by atoms with Crippen molar-refractivity contribution >= 4 is 21.9 Å². The van der Waals surface area contributed by atoms with Crippen LogP contribution in [-0.4, -0.2) is 26.3 Å². The third-order valence-electron chi connectivity index (χ3n) is 3.97. The fourth-order valence-corrected chi connectivity index (χ4v) is 3.53. The Bertz CT molecular complexity index is 854. The highest BCUT2D eigenvalue weighted by atomic mass is 79.9. The molecule has 1 aliphatic rings. The zero-order chi connectivity index (χ0) is 20.1. The molecule has 0 saturated heterocycles. The Kier molecular flexibility index (Phi) is 6.75. The summed E-state index contributed by atoms with van der Waals surface area (Å²) in [6.45, 7) is 5.78. The van der Waals surface area contributed by atoms with E-state index in [0.29, 0.717) is 33.9 Å². The second-order valence-corrected chi connectivity index (χ2v) is 6.44. The van der Waals surface area contributed by atoms with E-state index in [0.717, 1.165) is 0 Å². The summed E-state index contributed by atoms with van der Waals surface area (Å²) in [6, 6.07) is 5.53. The molecule has 0 amide bonds. The van der Waals surface area contributed by atoms with Crippen LogP contribution in [0.25, 0.3) is 0 Å². The summed E-state index contributed by atoms with van der Waals surface area (Å²) in [5.41, 5.74) is 6.89. The number of halogens is 1. The highest BCUT2D eigenvalue weighted by Crippen LogP contribution is 2.44. The minimum absolute atomic E-state index is 0.0436. The van der Waals surface area contributed by atoms with Gasteiger partial charge in [-0.2, -0.15) is 5.26 Å². The Morgan fingerprint density at radius 2 is 2.07 bits per heavy atom. The molecule has 1 heterocycles. The molecule has 0 aliphatic carbocycles. The monoisotopic (exact) mass is 436 g/mol. The Hall–Kier alpha value is -2.66. The molecule has 1 aliphatic heterocycles. The molecule has 0 fully saturated rings. The summed E-state index contributed by atoms with van der Waals surface area (Å²) in [4.78, 5) is 12.6. The molecule has 0 bridgehead atoms. The van der Waals surface area contributed by atoms with Gasteiger partial charge in [0.05, 0.1) is 36.3 Å². The number of benzene rings is 1. The molecular weight excluding hydrogens is 416 g/mol. The number of rotatable bonds is 6. The first kappa shape index (κ1) is 20.6. The van der Waals surface area contributed by atoms with E-state index in [1.54, 1.807) is 26.0 Å². The molecule has 2 rings (SSSR count). The summed E-state index contributed by atoms with van der Waals surface area (Å²) in [5, 5.41) is 9.64. The molecule has 1 atom stereocenters. The number of ether oxygens (including phenoxy) is 4. The number of hydrogen-bond donors (Lipinski definition) is 1. The van der Waals surface area contributed by atoms with Crippen molar-refractivity contribution in [3.8, 4) is 17.6 Å². The molecule has 0 radical (unpaired) electrons. The molecule has 0 aromatic heterocycles. The van der Waals surface area contributed by atoms with E-state index >= 15 is 0 Å². The topological polar surface area (TPSA) is 104 Å². The maximum Gasteiger partial charge on any atom is 0.338 e. The van der Waals surface area contributed by atoms with E-state index < -0.39 is 11.9 Å². The number of methoxy groups -OCH3 is 1. The van der Waals surface area contributed by atoms with Crippen molar-refractivity contribution in [2.24, 2.45) is 5.73 Å². The molecule has 0 spiro atoms. The number of esters is 1. The minimum atomic E-state index is -0.746. The van der Waals surface area contributed by atoms with Crippen molar-refractivity contribution < 1.29 is 23.7 Å². The lowest BCUT2D eigenvalue weighted by Crippen LogP contribution is -2.25. The molecule has 8 heteroatoms. The zero-order valence-corrected chi connectivity index (χ0v) is 17.2. The predicted molar refractivity (Wildman–Crippen MR) is 102 cm³/mol. The van der Waals surface area contributed by atoms with E-state index in [1.165, 1.54) is 7.11 Å². The molecule has 27 heavy (non-hydrogen) atoms. The van der Waals surface area contributed by atoms with Gasteiger partial charge in [0, 0.05) is 0 Å². The van der Waals surface area contributed by atoms with Crippen molar-refractivity contribution in [3.05, 3.63) is 45.0 Å². The Balaban J connectivity index is 2.71. The fourth-order valence-electron chi connectivity index (χ4n) is 2.90. The summed E-state index contributed by atoms with van der Waals surface area (Å²) in [7, 11) is 1.53. The van der Waals surface area contributed by atoms with Gasteiger partial charge in [-0.15, -0.1) is 0 Å². The first-order valence-electron chi connectivity index (χ1n) is 8.35. The van der Waals surface area contributed by atoms with Crippen LogP contribution in [0.15, 0.2) is 39.4 Å². The number of carbonyl (C=O) groups is 1. The van der Waals surface area contributed by atoms with Crippen molar-refractivity contribution in [2.75, 3.05) is 20.3 Å². The maximum atomic E-state index is 12.6. The molecule has 1 aromatic carbocycles. The van der Waals surface area contributed by atoms with Gasteiger partial charge in [-0.1, -0.05) is 0 Å². The quantitative estimate of drug-likeness (QED) is 0.680.